The fraction of sp³-hybridized carbons (Fsp3) is 0.0769. The number of aliphatic hydroxyl groups is 1. The van der Waals surface area contributed by atoms with Crippen molar-refractivity contribution in [2.75, 3.05) is 5.73 Å². The first-order valence-electron chi connectivity index (χ1n) is 5.62. The number of phenols is 1. The van der Waals surface area contributed by atoms with E-state index in [0.717, 1.165) is 10.2 Å². The van der Waals surface area contributed by atoms with Crippen molar-refractivity contribution in [3.05, 3.63) is 47.1 Å². The Morgan fingerprint density at radius 1 is 1.21 bits per heavy atom. The van der Waals surface area contributed by atoms with Gasteiger partial charge in [0.2, 0.25) is 0 Å². The Labute approximate surface area is 113 Å². The Hall–Kier alpha value is -2.18. The van der Waals surface area contributed by atoms with E-state index in [0.29, 0.717) is 16.4 Å². The van der Waals surface area contributed by atoms with Gasteiger partial charge < -0.3 is 15.9 Å². The first kappa shape index (κ1) is 11.9. The number of aliphatic hydroxyl groups excluding tert-OH is 1. The standard InChI is InChI=1S/C13H11N3O2S/c14-11-5-7(3-4-15-11)12(18)13-16-9-2-1-8(17)6-10(9)19-13/h1-6,12,17-18H,(H2,14,15). The Kier molecular flexibility index (Phi) is 2.81. The summed E-state index contributed by atoms with van der Waals surface area (Å²) in [6, 6.07) is 8.24. The van der Waals surface area contributed by atoms with Crippen molar-refractivity contribution in [2.24, 2.45) is 0 Å². The minimum absolute atomic E-state index is 0.186. The Bertz CT molecular complexity index is 742. The molecule has 96 valence electrons. The zero-order chi connectivity index (χ0) is 13.4. The topological polar surface area (TPSA) is 92.3 Å². The van der Waals surface area contributed by atoms with Crippen LogP contribution >= 0.6 is 11.3 Å². The first-order valence-corrected chi connectivity index (χ1v) is 6.44. The molecular weight excluding hydrogens is 262 g/mol. The lowest BCUT2D eigenvalue weighted by atomic mass is 10.1. The third-order valence-electron chi connectivity index (χ3n) is 2.74. The number of hydrogen-bond donors (Lipinski definition) is 3. The number of benzene rings is 1. The van der Waals surface area contributed by atoms with Gasteiger partial charge >= 0.3 is 0 Å². The summed E-state index contributed by atoms with van der Waals surface area (Å²) in [5, 5.41) is 20.3. The number of hydrogen-bond acceptors (Lipinski definition) is 6. The lowest BCUT2D eigenvalue weighted by Crippen LogP contribution is -2.00. The zero-order valence-corrected chi connectivity index (χ0v) is 10.6. The number of pyridine rings is 1. The van der Waals surface area contributed by atoms with Gasteiger partial charge in [0, 0.05) is 6.20 Å². The van der Waals surface area contributed by atoms with E-state index in [1.54, 1.807) is 36.5 Å². The minimum Gasteiger partial charge on any atom is -0.508 e. The fourth-order valence-electron chi connectivity index (χ4n) is 1.83. The normalized spacial score (nSPS) is 12.7. The summed E-state index contributed by atoms with van der Waals surface area (Å²) in [5.74, 6) is 0.542. The van der Waals surface area contributed by atoms with Gasteiger partial charge in [-0.05, 0) is 35.9 Å². The van der Waals surface area contributed by atoms with Crippen LogP contribution in [0.5, 0.6) is 5.75 Å². The van der Waals surface area contributed by atoms with Gasteiger partial charge in [0.05, 0.1) is 10.2 Å². The van der Waals surface area contributed by atoms with E-state index in [1.165, 1.54) is 11.3 Å². The quantitative estimate of drug-likeness (QED) is 0.664. The third kappa shape index (κ3) is 2.23. The van der Waals surface area contributed by atoms with Crippen LogP contribution in [0.25, 0.3) is 10.2 Å². The summed E-state index contributed by atoms with van der Waals surface area (Å²) in [6.45, 7) is 0. The lowest BCUT2D eigenvalue weighted by molar-refractivity contribution is 0.220. The predicted molar refractivity (Wildman–Crippen MR) is 74.0 cm³/mol. The summed E-state index contributed by atoms with van der Waals surface area (Å²) in [5.41, 5.74) is 6.99. The van der Waals surface area contributed by atoms with E-state index in [2.05, 4.69) is 9.97 Å². The average molecular weight is 273 g/mol. The van der Waals surface area contributed by atoms with Crippen LogP contribution in [0.1, 0.15) is 16.7 Å². The van der Waals surface area contributed by atoms with Gasteiger partial charge in [0.15, 0.2) is 0 Å². The number of rotatable bonds is 2. The lowest BCUT2D eigenvalue weighted by Gasteiger charge is -2.07. The highest BCUT2D eigenvalue weighted by atomic mass is 32.1. The van der Waals surface area contributed by atoms with Gasteiger partial charge in [-0.15, -0.1) is 11.3 Å². The Morgan fingerprint density at radius 3 is 2.84 bits per heavy atom. The highest BCUT2D eigenvalue weighted by molar-refractivity contribution is 7.18. The molecule has 0 aliphatic rings. The number of anilines is 1. The van der Waals surface area contributed by atoms with E-state index in [1.807, 2.05) is 0 Å². The maximum Gasteiger partial charge on any atom is 0.131 e. The molecule has 0 spiro atoms. The maximum atomic E-state index is 10.3. The molecule has 0 saturated heterocycles. The van der Waals surface area contributed by atoms with E-state index in [-0.39, 0.29) is 5.75 Å². The molecular formula is C13H11N3O2S. The fourth-order valence-corrected chi connectivity index (χ4v) is 2.84. The number of fused-ring (bicyclic) bond motifs is 1. The number of nitrogens with zero attached hydrogens (tertiary/aromatic N) is 2. The molecule has 2 aromatic heterocycles. The van der Waals surface area contributed by atoms with Gasteiger partial charge in [-0.1, -0.05) is 0 Å². The van der Waals surface area contributed by atoms with Crippen molar-refractivity contribution < 1.29 is 10.2 Å². The molecule has 0 amide bonds. The van der Waals surface area contributed by atoms with E-state index in [4.69, 9.17) is 5.73 Å². The van der Waals surface area contributed by atoms with Gasteiger partial charge in [-0.25, -0.2) is 9.97 Å². The van der Waals surface area contributed by atoms with Crippen molar-refractivity contribution >= 4 is 27.4 Å². The zero-order valence-electron chi connectivity index (χ0n) is 9.82. The highest BCUT2D eigenvalue weighted by Crippen LogP contribution is 2.32. The van der Waals surface area contributed by atoms with Crippen LogP contribution in [-0.4, -0.2) is 20.2 Å². The summed E-state index contributed by atoms with van der Waals surface area (Å²) < 4.78 is 0.830. The highest BCUT2D eigenvalue weighted by Gasteiger charge is 2.16. The second-order valence-electron chi connectivity index (χ2n) is 4.12. The largest absolute Gasteiger partial charge is 0.508 e. The number of aromatic nitrogens is 2. The molecule has 6 heteroatoms. The molecule has 1 atom stereocenters. The molecule has 3 rings (SSSR count). The summed E-state index contributed by atoms with van der Waals surface area (Å²) in [4.78, 5) is 8.24. The number of nitrogens with two attached hydrogens (primary N) is 1. The smallest absolute Gasteiger partial charge is 0.131 e. The molecule has 0 fully saturated rings. The van der Waals surface area contributed by atoms with Crippen LogP contribution in [0.15, 0.2) is 36.5 Å². The van der Waals surface area contributed by atoms with Crippen molar-refractivity contribution in [3.8, 4) is 5.75 Å². The van der Waals surface area contributed by atoms with Crippen molar-refractivity contribution in [3.63, 3.8) is 0 Å². The van der Waals surface area contributed by atoms with Crippen LogP contribution in [0.4, 0.5) is 5.82 Å². The van der Waals surface area contributed by atoms with Gasteiger partial charge in [-0.3, -0.25) is 0 Å². The first-order chi connectivity index (χ1) is 9.13. The van der Waals surface area contributed by atoms with Crippen LogP contribution in [0.2, 0.25) is 0 Å². The van der Waals surface area contributed by atoms with Crippen LogP contribution < -0.4 is 5.73 Å². The molecule has 2 heterocycles. The maximum absolute atomic E-state index is 10.3. The molecule has 0 bridgehead atoms. The average Bonchev–Trinajstić information content (AvgIpc) is 2.80. The molecule has 0 radical (unpaired) electrons. The predicted octanol–water partition coefficient (Wildman–Crippen LogP) is 2.06. The molecule has 4 N–H and O–H groups in total. The van der Waals surface area contributed by atoms with E-state index < -0.39 is 6.10 Å². The van der Waals surface area contributed by atoms with Gasteiger partial charge in [0.1, 0.15) is 22.7 Å². The van der Waals surface area contributed by atoms with Crippen LogP contribution in [-0.2, 0) is 0 Å². The molecule has 0 saturated carbocycles. The number of nitrogen functional groups attached to an aromatic ring is 1. The van der Waals surface area contributed by atoms with Crippen molar-refractivity contribution in [1.82, 2.24) is 9.97 Å². The second kappa shape index (κ2) is 4.49. The van der Waals surface area contributed by atoms with Crippen LogP contribution in [0, 0.1) is 0 Å². The molecule has 3 aromatic rings. The van der Waals surface area contributed by atoms with Crippen molar-refractivity contribution in [1.29, 1.82) is 0 Å². The van der Waals surface area contributed by atoms with Crippen molar-refractivity contribution in [2.45, 2.75) is 6.10 Å². The van der Waals surface area contributed by atoms with Gasteiger partial charge in [0.25, 0.3) is 0 Å². The summed E-state index contributed by atoms with van der Waals surface area (Å²) in [6.07, 6.45) is 0.706. The Morgan fingerprint density at radius 2 is 2.05 bits per heavy atom. The molecule has 0 aliphatic heterocycles. The molecule has 0 aliphatic carbocycles. The number of thiazole rings is 1. The monoisotopic (exact) mass is 273 g/mol. The van der Waals surface area contributed by atoms with Gasteiger partial charge in [-0.2, -0.15) is 0 Å². The number of aromatic hydroxyl groups is 1. The molecule has 19 heavy (non-hydrogen) atoms. The molecule has 5 nitrogen and oxygen atoms in total. The summed E-state index contributed by atoms with van der Waals surface area (Å²) >= 11 is 1.34. The molecule has 1 aromatic carbocycles. The second-order valence-corrected chi connectivity index (χ2v) is 5.18. The van der Waals surface area contributed by atoms with Crippen LogP contribution in [0.3, 0.4) is 0 Å². The Balaban J connectivity index is 2.04. The molecule has 1 unspecified atom stereocenters. The third-order valence-corrected chi connectivity index (χ3v) is 3.81. The SMILES string of the molecule is Nc1cc(C(O)c2nc3ccc(O)cc3s2)ccn1. The minimum atomic E-state index is -0.843. The summed E-state index contributed by atoms with van der Waals surface area (Å²) in [7, 11) is 0. The number of phenolic OH excluding ortho intramolecular Hbond substituents is 1. The van der Waals surface area contributed by atoms with E-state index in [9.17, 15) is 10.2 Å². The van der Waals surface area contributed by atoms with E-state index >= 15 is 0 Å².